The lowest BCUT2D eigenvalue weighted by Crippen LogP contribution is -2.37. The number of hydrogen-bond donors (Lipinski definition) is 3. The zero-order chi connectivity index (χ0) is 27.8. The fourth-order valence-corrected chi connectivity index (χ4v) is 4.43. The molecule has 2 aliphatic carbocycles. The van der Waals surface area contributed by atoms with E-state index in [1.165, 1.54) is 12.2 Å². The third-order valence-electron chi connectivity index (χ3n) is 6.81. The van der Waals surface area contributed by atoms with E-state index >= 15 is 0 Å². The Morgan fingerprint density at radius 2 is 1.16 bits per heavy atom. The van der Waals surface area contributed by atoms with Crippen LogP contribution in [0.5, 0.6) is 0 Å². The fraction of sp³-hybridized carbons (Fsp3) is 0.643. The molecule has 0 bridgehead atoms. The molecule has 2 rings (SSSR count). The zero-order valence-corrected chi connectivity index (χ0v) is 22.3. The first kappa shape index (κ1) is 31.4. The van der Waals surface area contributed by atoms with Crippen molar-refractivity contribution in [3.05, 3.63) is 24.3 Å². The molecule has 0 aromatic carbocycles. The fourth-order valence-electron chi connectivity index (χ4n) is 4.43. The van der Waals surface area contributed by atoms with Crippen molar-refractivity contribution in [2.24, 2.45) is 17.6 Å². The topological polar surface area (TPSA) is 156 Å². The molecule has 2 fully saturated rings. The molecule has 210 valence electrons. The van der Waals surface area contributed by atoms with E-state index in [0.717, 1.165) is 43.8 Å². The van der Waals surface area contributed by atoms with Crippen LogP contribution in [-0.4, -0.2) is 79.1 Å². The lowest BCUT2D eigenvalue weighted by atomic mass is 9.87. The lowest BCUT2D eigenvalue weighted by Gasteiger charge is -2.20. The molecule has 10 heteroatoms. The van der Waals surface area contributed by atoms with Gasteiger partial charge in [-0.05, 0) is 95.2 Å². The summed E-state index contributed by atoms with van der Waals surface area (Å²) >= 11 is 0. The van der Waals surface area contributed by atoms with Gasteiger partial charge >= 0.3 is 0 Å². The van der Waals surface area contributed by atoms with Crippen molar-refractivity contribution < 1.29 is 28.8 Å². The van der Waals surface area contributed by atoms with Crippen molar-refractivity contribution in [1.82, 2.24) is 15.5 Å². The van der Waals surface area contributed by atoms with Gasteiger partial charge in [0.05, 0.1) is 0 Å². The Balaban J connectivity index is 1.85. The van der Waals surface area contributed by atoms with E-state index in [1.807, 2.05) is 0 Å². The van der Waals surface area contributed by atoms with E-state index < -0.39 is 23.4 Å². The van der Waals surface area contributed by atoms with E-state index in [9.17, 15) is 28.8 Å². The molecule has 2 atom stereocenters. The molecule has 10 nitrogen and oxygen atoms in total. The van der Waals surface area contributed by atoms with E-state index in [4.69, 9.17) is 5.73 Å². The van der Waals surface area contributed by atoms with E-state index in [1.54, 1.807) is 12.2 Å². The summed E-state index contributed by atoms with van der Waals surface area (Å²) in [5, 5.41) is 6.67. The summed E-state index contributed by atoms with van der Waals surface area (Å²) in [6.45, 7) is 4.25. The minimum Gasteiger partial charge on any atom is -0.330 e. The predicted molar refractivity (Wildman–Crippen MR) is 143 cm³/mol. The molecule has 2 aliphatic rings. The summed E-state index contributed by atoms with van der Waals surface area (Å²) in [6, 6.07) is 0. The summed E-state index contributed by atoms with van der Waals surface area (Å²) in [5.74, 6) is -2.96. The van der Waals surface area contributed by atoms with Gasteiger partial charge in [0, 0.05) is 32.2 Å². The number of carbonyl (C=O) groups is 6. The molecule has 0 spiro atoms. The number of nitrogens with one attached hydrogen (secondary N) is 2. The molecular weight excluding hydrogens is 488 g/mol. The van der Waals surface area contributed by atoms with Crippen LogP contribution in [-0.2, 0) is 28.8 Å². The van der Waals surface area contributed by atoms with E-state index in [2.05, 4.69) is 10.6 Å². The first-order valence-electron chi connectivity index (χ1n) is 13.8. The number of amides is 2. The Morgan fingerprint density at radius 1 is 0.711 bits per heavy atom. The highest BCUT2D eigenvalue weighted by molar-refractivity contribution is 6.38. The molecular formula is C28H42N4O6. The first-order valence-corrected chi connectivity index (χ1v) is 13.8. The highest BCUT2D eigenvalue weighted by Crippen LogP contribution is 2.21. The van der Waals surface area contributed by atoms with Crippen molar-refractivity contribution in [2.45, 2.75) is 64.2 Å². The average Bonchev–Trinajstić information content (AvgIpc) is 2.90. The second kappa shape index (κ2) is 17.6. The van der Waals surface area contributed by atoms with Crippen molar-refractivity contribution in [3.63, 3.8) is 0 Å². The van der Waals surface area contributed by atoms with Gasteiger partial charge in [-0.1, -0.05) is 12.2 Å². The Morgan fingerprint density at radius 3 is 1.61 bits per heavy atom. The molecule has 38 heavy (non-hydrogen) atoms. The number of nitrogens with two attached hydrogens (primary N) is 1. The number of hydrogen-bond acceptors (Lipinski definition) is 9. The summed E-state index contributed by atoms with van der Waals surface area (Å²) < 4.78 is 0. The third-order valence-corrected chi connectivity index (χ3v) is 6.81. The van der Waals surface area contributed by atoms with Gasteiger partial charge in [0.25, 0.3) is 11.8 Å². The van der Waals surface area contributed by atoms with E-state index in [-0.39, 0.29) is 55.6 Å². The lowest BCUT2D eigenvalue weighted by molar-refractivity contribution is -0.139. The number of Topliss-reactive ketones (excluding diaryl/α,β-unsaturated/α-hetero) is 4. The van der Waals surface area contributed by atoms with Crippen LogP contribution < -0.4 is 16.4 Å². The summed E-state index contributed by atoms with van der Waals surface area (Å²) in [4.78, 5) is 73.3. The van der Waals surface area contributed by atoms with Crippen molar-refractivity contribution in [1.29, 1.82) is 0 Å². The standard InChI is InChI=1S/C28H42N4O6/c29-13-3-16-30-14-1-2-15-31-17-4-18-32(27(37)11-7-21-5-9-23(33)25(35)19-21)28(38)12-8-22-6-10-24(34)26(36)20-22/h7-8,11-12,21-22,30-31H,1-6,9-10,13-20,29H2. The molecule has 4 N–H and O–H groups in total. The van der Waals surface area contributed by atoms with Crippen molar-refractivity contribution in [2.75, 3.05) is 39.3 Å². The Bertz CT molecular complexity index is 853. The second-order valence-electron chi connectivity index (χ2n) is 9.95. The maximum absolute atomic E-state index is 12.9. The van der Waals surface area contributed by atoms with Gasteiger partial charge < -0.3 is 16.4 Å². The normalized spacial score (nSPS) is 20.6. The number of ketones is 4. The van der Waals surface area contributed by atoms with Gasteiger partial charge in [-0.2, -0.15) is 0 Å². The number of nitrogens with zero attached hydrogens (tertiary/aromatic N) is 1. The largest absolute Gasteiger partial charge is 0.330 e. The summed E-state index contributed by atoms with van der Waals surface area (Å²) in [5.41, 5.74) is 5.47. The van der Waals surface area contributed by atoms with Gasteiger partial charge in [-0.15, -0.1) is 0 Å². The van der Waals surface area contributed by atoms with E-state index in [0.29, 0.717) is 32.4 Å². The minimum atomic E-state index is -0.484. The molecule has 0 saturated heterocycles. The van der Waals surface area contributed by atoms with Gasteiger partial charge in [0.1, 0.15) is 0 Å². The molecule has 0 radical (unpaired) electrons. The number of carbonyl (C=O) groups excluding carboxylic acids is 6. The molecule has 0 heterocycles. The maximum atomic E-state index is 12.9. The quantitative estimate of drug-likeness (QED) is 0.151. The number of unbranched alkanes of at least 4 members (excludes halogenated alkanes) is 1. The van der Waals surface area contributed by atoms with Crippen LogP contribution >= 0.6 is 0 Å². The average molecular weight is 531 g/mol. The number of imide groups is 1. The first-order chi connectivity index (χ1) is 18.3. The van der Waals surface area contributed by atoms with Gasteiger partial charge in [0.2, 0.25) is 0 Å². The molecule has 2 amide bonds. The van der Waals surface area contributed by atoms with Crippen LogP contribution in [0, 0.1) is 11.8 Å². The monoisotopic (exact) mass is 530 g/mol. The van der Waals surface area contributed by atoms with Crippen LogP contribution in [0.2, 0.25) is 0 Å². The predicted octanol–water partition coefficient (Wildman–Crippen LogP) is 1.03. The Kier molecular flexibility index (Phi) is 14.6. The summed E-state index contributed by atoms with van der Waals surface area (Å²) in [7, 11) is 0. The number of rotatable bonds is 16. The maximum Gasteiger partial charge on any atom is 0.253 e. The zero-order valence-electron chi connectivity index (χ0n) is 22.3. The van der Waals surface area contributed by atoms with Crippen molar-refractivity contribution in [3.8, 4) is 0 Å². The van der Waals surface area contributed by atoms with Crippen LogP contribution in [0.1, 0.15) is 64.2 Å². The minimum absolute atomic E-state index is 0.0807. The van der Waals surface area contributed by atoms with Gasteiger partial charge in [-0.25, -0.2) is 0 Å². The molecule has 2 unspecified atom stereocenters. The highest BCUT2D eigenvalue weighted by atomic mass is 16.2. The molecule has 2 saturated carbocycles. The molecule has 0 aromatic heterocycles. The molecule has 0 aromatic rings. The Hall–Kier alpha value is -2.82. The molecule has 0 aliphatic heterocycles. The SMILES string of the molecule is NCCCNCCCCNCCCN(C(=O)C=CC1CCC(=O)C(=O)C1)C(=O)C=CC1CCC(=O)C(=O)C1. The summed E-state index contributed by atoms with van der Waals surface area (Å²) in [6.07, 6.45) is 10.9. The van der Waals surface area contributed by atoms with Crippen LogP contribution in [0.25, 0.3) is 0 Å². The number of allylic oxidation sites excluding steroid dienone is 2. The smallest absolute Gasteiger partial charge is 0.253 e. The highest BCUT2D eigenvalue weighted by Gasteiger charge is 2.27. The van der Waals surface area contributed by atoms with Gasteiger partial charge in [-0.3, -0.25) is 33.7 Å². The van der Waals surface area contributed by atoms with Crippen molar-refractivity contribution >= 4 is 34.9 Å². The van der Waals surface area contributed by atoms with Crippen LogP contribution in [0.15, 0.2) is 24.3 Å². The van der Waals surface area contributed by atoms with Crippen LogP contribution in [0.4, 0.5) is 0 Å². The Labute approximate surface area is 224 Å². The van der Waals surface area contributed by atoms with Gasteiger partial charge in [0.15, 0.2) is 23.1 Å². The third kappa shape index (κ3) is 11.7. The van der Waals surface area contributed by atoms with Crippen LogP contribution in [0.3, 0.4) is 0 Å². The second-order valence-corrected chi connectivity index (χ2v) is 9.95.